The largest absolute Gasteiger partial charge is 0.302 e. The van der Waals surface area contributed by atoms with E-state index in [1.54, 1.807) is 0 Å². The summed E-state index contributed by atoms with van der Waals surface area (Å²) in [6.07, 6.45) is 8.90. The van der Waals surface area contributed by atoms with Crippen LogP contribution in [0.4, 0.5) is 0 Å². The van der Waals surface area contributed by atoms with Crippen molar-refractivity contribution in [2.75, 3.05) is 52.4 Å². The molecule has 3 nitrogen and oxygen atoms in total. The quantitative estimate of drug-likeness (QED) is 0.648. The highest BCUT2D eigenvalue weighted by molar-refractivity contribution is 5.07. The molecule has 4 rings (SSSR count). The van der Waals surface area contributed by atoms with Gasteiger partial charge in [-0.05, 0) is 68.6 Å². The van der Waals surface area contributed by atoms with Crippen LogP contribution < -0.4 is 0 Å². The molecular weight excluding hydrogens is 318 g/mol. The van der Waals surface area contributed by atoms with Gasteiger partial charge in [-0.15, -0.1) is 0 Å². The van der Waals surface area contributed by atoms with Gasteiger partial charge in [0.1, 0.15) is 0 Å². The molecule has 1 spiro atoms. The second-order valence-electron chi connectivity index (χ2n) is 11.1. The highest BCUT2D eigenvalue weighted by Crippen LogP contribution is 2.56. The van der Waals surface area contributed by atoms with Crippen LogP contribution in [0.15, 0.2) is 0 Å². The smallest absolute Gasteiger partial charge is 0.0113 e. The van der Waals surface area contributed by atoms with Crippen molar-refractivity contribution < 1.29 is 0 Å². The van der Waals surface area contributed by atoms with E-state index in [1.807, 2.05) is 0 Å². The molecule has 1 unspecified atom stereocenters. The third kappa shape index (κ3) is 4.15. The lowest BCUT2D eigenvalue weighted by atomic mass is 9.57. The molecule has 2 aliphatic carbocycles. The van der Waals surface area contributed by atoms with E-state index in [4.69, 9.17) is 0 Å². The Kier molecular flexibility index (Phi) is 5.44. The lowest BCUT2D eigenvalue weighted by molar-refractivity contribution is -0.109. The van der Waals surface area contributed by atoms with Crippen LogP contribution in [0.2, 0.25) is 0 Å². The molecule has 2 saturated carbocycles. The molecule has 2 saturated heterocycles. The van der Waals surface area contributed by atoms with E-state index in [2.05, 4.69) is 42.4 Å². The molecular formula is C23H43N3. The fourth-order valence-electron chi connectivity index (χ4n) is 6.36. The van der Waals surface area contributed by atoms with Crippen molar-refractivity contribution in [2.24, 2.45) is 22.7 Å². The van der Waals surface area contributed by atoms with Gasteiger partial charge in [0.15, 0.2) is 0 Å². The third-order valence-corrected chi connectivity index (χ3v) is 8.21. The molecule has 3 heteroatoms. The first-order chi connectivity index (χ1) is 12.4. The standard InChI is InChI=1S/C23H43N3/c1-5-20(4)12-22(6-7-22)16-25-17-23(18-25)13-21(14-23)15-24-8-10-26(11-9-24)19(2)3/h19-21H,5-18H2,1-4H3. The molecule has 0 aromatic carbocycles. The summed E-state index contributed by atoms with van der Waals surface area (Å²) in [7, 11) is 0. The van der Waals surface area contributed by atoms with Crippen LogP contribution in [0.1, 0.15) is 66.2 Å². The first kappa shape index (κ1) is 19.2. The summed E-state index contributed by atoms with van der Waals surface area (Å²) in [6, 6.07) is 0.722. The summed E-state index contributed by atoms with van der Waals surface area (Å²) in [5.41, 5.74) is 1.48. The molecule has 0 radical (unpaired) electrons. The molecule has 2 aliphatic heterocycles. The van der Waals surface area contributed by atoms with E-state index < -0.39 is 0 Å². The van der Waals surface area contributed by atoms with Gasteiger partial charge in [-0.3, -0.25) is 4.90 Å². The second kappa shape index (κ2) is 7.37. The van der Waals surface area contributed by atoms with E-state index in [0.717, 1.165) is 28.7 Å². The molecule has 0 bridgehead atoms. The van der Waals surface area contributed by atoms with Gasteiger partial charge in [-0.2, -0.15) is 0 Å². The maximum absolute atomic E-state index is 2.81. The Morgan fingerprint density at radius 2 is 1.58 bits per heavy atom. The molecule has 4 aliphatic rings. The van der Waals surface area contributed by atoms with Crippen molar-refractivity contribution in [3.63, 3.8) is 0 Å². The van der Waals surface area contributed by atoms with Crippen molar-refractivity contribution in [3.8, 4) is 0 Å². The Bertz CT molecular complexity index is 462. The minimum Gasteiger partial charge on any atom is -0.302 e. The summed E-state index contributed by atoms with van der Waals surface area (Å²) in [6.45, 7) is 20.3. The first-order valence-electron chi connectivity index (χ1n) is 11.6. The lowest BCUT2D eigenvalue weighted by Crippen LogP contribution is -2.64. The summed E-state index contributed by atoms with van der Waals surface area (Å²) < 4.78 is 0. The number of nitrogens with zero attached hydrogens (tertiary/aromatic N) is 3. The zero-order valence-electron chi connectivity index (χ0n) is 18.0. The summed E-state index contributed by atoms with van der Waals surface area (Å²) in [5.74, 6) is 1.93. The minimum atomic E-state index is 0.722. The van der Waals surface area contributed by atoms with Gasteiger partial charge < -0.3 is 9.80 Å². The minimum absolute atomic E-state index is 0.722. The van der Waals surface area contributed by atoms with Crippen molar-refractivity contribution in [2.45, 2.75) is 72.3 Å². The van der Waals surface area contributed by atoms with Gasteiger partial charge in [-0.1, -0.05) is 20.3 Å². The molecule has 2 heterocycles. The predicted molar refractivity (Wildman–Crippen MR) is 110 cm³/mol. The van der Waals surface area contributed by atoms with Gasteiger partial charge in [0.2, 0.25) is 0 Å². The Labute approximate surface area is 162 Å². The van der Waals surface area contributed by atoms with Crippen molar-refractivity contribution in [1.82, 2.24) is 14.7 Å². The Hall–Kier alpha value is -0.120. The fourth-order valence-corrected chi connectivity index (χ4v) is 6.36. The number of piperazine rings is 1. The average molecular weight is 362 g/mol. The Balaban J connectivity index is 1.12. The van der Waals surface area contributed by atoms with E-state index in [0.29, 0.717) is 0 Å². The highest BCUT2D eigenvalue weighted by atomic mass is 15.3. The normalized spacial score (nSPS) is 30.3. The maximum atomic E-state index is 2.81. The number of hydrogen-bond donors (Lipinski definition) is 0. The zero-order chi connectivity index (χ0) is 18.4. The van der Waals surface area contributed by atoms with Gasteiger partial charge in [0, 0.05) is 58.4 Å². The molecule has 0 amide bonds. The van der Waals surface area contributed by atoms with E-state index in [-0.39, 0.29) is 0 Å². The van der Waals surface area contributed by atoms with Crippen LogP contribution in [-0.2, 0) is 0 Å². The monoisotopic (exact) mass is 361 g/mol. The summed E-state index contributed by atoms with van der Waals surface area (Å²) in [5, 5.41) is 0. The van der Waals surface area contributed by atoms with Crippen molar-refractivity contribution in [3.05, 3.63) is 0 Å². The zero-order valence-corrected chi connectivity index (χ0v) is 18.0. The molecule has 1 atom stereocenters. The lowest BCUT2D eigenvalue weighted by Gasteiger charge is -2.60. The summed E-state index contributed by atoms with van der Waals surface area (Å²) in [4.78, 5) is 8.20. The third-order valence-electron chi connectivity index (χ3n) is 8.21. The van der Waals surface area contributed by atoms with Gasteiger partial charge in [0.25, 0.3) is 0 Å². The predicted octanol–water partition coefficient (Wildman–Crippen LogP) is 3.94. The SMILES string of the molecule is CCC(C)CC1(CN2CC3(CC(CN4CCN(C(C)C)CC4)C3)C2)CC1. The topological polar surface area (TPSA) is 9.72 Å². The number of likely N-dealkylation sites (tertiary alicyclic amines) is 1. The van der Waals surface area contributed by atoms with Crippen LogP contribution >= 0.6 is 0 Å². The average Bonchev–Trinajstić information content (AvgIpc) is 3.30. The van der Waals surface area contributed by atoms with Gasteiger partial charge >= 0.3 is 0 Å². The molecule has 0 aromatic rings. The highest BCUT2D eigenvalue weighted by Gasteiger charge is 2.55. The summed E-state index contributed by atoms with van der Waals surface area (Å²) >= 11 is 0. The number of rotatable bonds is 8. The molecule has 150 valence electrons. The Morgan fingerprint density at radius 1 is 0.923 bits per heavy atom. The first-order valence-corrected chi connectivity index (χ1v) is 11.6. The van der Waals surface area contributed by atoms with Crippen molar-refractivity contribution >= 4 is 0 Å². The maximum Gasteiger partial charge on any atom is 0.0113 e. The fraction of sp³-hybridized carbons (Fsp3) is 1.00. The number of hydrogen-bond acceptors (Lipinski definition) is 3. The molecule has 0 N–H and O–H groups in total. The van der Waals surface area contributed by atoms with Crippen LogP contribution in [0.25, 0.3) is 0 Å². The second-order valence-corrected chi connectivity index (χ2v) is 11.1. The van der Waals surface area contributed by atoms with Gasteiger partial charge in [-0.25, -0.2) is 0 Å². The van der Waals surface area contributed by atoms with E-state index in [1.165, 1.54) is 90.9 Å². The van der Waals surface area contributed by atoms with Crippen LogP contribution in [-0.4, -0.2) is 73.1 Å². The Morgan fingerprint density at radius 3 is 2.12 bits per heavy atom. The van der Waals surface area contributed by atoms with Gasteiger partial charge in [0.05, 0.1) is 0 Å². The van der Waals surface area contributed by atoms with E-state index >= 15 is 0 Å². The van der Waals surface area contributed by atoms with Crippen molar-refractivity contribution in [1.29, 1.82) is 0 Å². The molecule has 26 heavy (non-hydrogen) atoms. The van der Waals surface area contributed by atoms with Crippen LogP contribution in [0.5, 0.6) is 0 Å². The molecule has 4 fully saturated rings. The van der Waals surface area contributed by atoms with Crippen LogP contribution in [0.3, 0.4) is 0 Å². The van der Waals surface area contributed by atoms with E-state index in [9.17, 15) is 0 Å². The van der Waals surface area contributed by atoms with Crippen LogP contribution in [0, 0.1) is 22.7 Å². The molecule has 0 aromatic heterocycles.